The fourth-order valence-corrected chi connectivity index (χ4v) is 8.98. The SMILES string of the molecule is CCCCCCCC/C=C\CCCCCCCCCCCCCC(=O)OC[C@H](COP(=O)(O)C(CC)[N+](C)(C)C)OC(=O)CCCCCCCCCCC. The zero-order valence-corrected chi connectivity index (χ0v) is 37.3. The highest BCUT2D eigenvalue weighted by atomic mass is 31.2. The van der Waals surface area contributed by atoms with Crippen LogP contribution in [0.5, 0.6) is 0 Å². The Morgan fingerprint density at radius 1 is 0.556 bits per heavy atom. The first-order chi connectivity index (χ1) is 26.0. The van der Waals surface area contributed by atoms with E-state index < -0.39 is 25.5 Å². The third-order valence-electron chi connectivity index (χ3n) is 10.4. The molecule has 0 aromatic rings. The van der Waals surface area contributed by atoms with Gasteiger partial charge in [-0.05, 0) is 38.5 Å². The van der Waals surface area contributed by atoms with Crippen LogP contribution in [0.25, 0.3) is 0 Å². The number of carbonyl (C=O) groups is 2. The summed E-state index contributed by atoms with van der Waals surface area (Å²) < 4.78 is 30.1. The van der Waals surface area contributed by atoms with Gasteiger partial charge in [-0.25, -0.2) is 0 Å². The molecule has 0 bridgehead atoms. The minimum absolute atomic E-state index is 0.181. The van der Waals surface area contributed by atoms with Crippen LogP contribution >= 0.6 is 7.60 Å². The average molecular weight is 787 g/mol. The summed E-state index contributed by atoms with van der Waals surface area (Å²) >= 11 is 0. The Morgan fingerprint density at radius 2 is 0.926 bits per heavy atom. The van der Waals surface area contributed by atoms with E-state index in [1.165, 1.54) is 141 Å². The first kappa shape index (κ1) is 52.8. The number of nitrogens with zero attached hydrogens (tertiary/aromatic N) is 1. The summed E-state index contributed by atoms with van der Waals surface area (Å²) in [6.45, 7) is 5.87. The first-order valence-electron chi connectivity index (χ1n) is 22.8. The number of hydrogen-bond acceptors (Lipinski definition) is 6. The highest BCUT2D eigenvalue weighted by molar-refractivity contribution is 7.53. The molecule has 54 heavy (non-hydrogen) atoms. The van der Waals surface area contributed by atoms with Gasteiger partial charge >= 0.3 is 19.5 Å². The van der Waals surface area contributed by atoms with Crippen molar-refractivity contribution in [3.05, 3.63) is 12.2 Å². The van der Waals surface area contributed by atoms with Crippen molar-refractivity contribution in [2.45, 2.75) is 232 Å². The van der Waals surface area contributed by atoms with Gasteiger partial charge in [0.15, 0.2) is 11.9 Å². The van der Waals surface area contributed by atoms with Crippen LogP contribution in [0, 0.1) is 0 Å². The largest absolute Gasteiger partial charge is 0.462 e. The van der Waals surface area contributed by atoms with Crippen LogP contribution in [0.1, 0.15) is 220 Å². The molecule has 0 radical (unpaired) electrons. The van der Waals surface area contributed by atoms with Crippen LogP contribution in [0.15, 0.2) is 12.2 Å². The van der Waals surface area contributed by atoms with Gasteiger partial charge in [0.1, 0.15) is 6.61 Å². The normalized spacial score (nSPS) is 14.3. The van der Waals surface area contributed by atoms with Crippen LogP contribution in [0.3, 0.4) is 0 Å². The lowest BCUT2D eigenvalue weighted by molar-refractivity contribution is -0.883. The second-order valence-electron chi connectivity index (χ2n) is 16.7. The molecule has 320 valence electrons. The minimum atomic E-state index is -4.03. The summed E-state index contributed by atoms with van der Waals surface area (Å²) in [6, 6.07) is 0. The standard InChI is InChI=1S/C45H88NO7P/c1-7-10-12-14-16-18-19-20-21-22-23-24-25-26-27-28-29-31-32-34-36-38-44(47)51-40-42(41-52-54(49,50)43(9-3)46(4,5)6)53-45(48)39-37-35-33-30-17-15-13-11-8-2/h20-21,42-43H,7-19,22-41H2,1-6H3/p+1/b21-20-/t42-,43?/m1/s1. The number of rotatable bonds is 40. The number of quaternary nitrogens is 1. The maximum Gasteiger partial charge on any atom is 0.385 e. The summed E-state index contributed by atoms with van der Waals surface area (Å²) in [6.07, 6.45) is 39.2. The molecule has 0 aliphatic carbocycles. The van der Waals surface area contributed by atoms with E-state index in [1.807, 2.05) is 28.1 Å². The van der Waals surface area contributed by atoms with Crippen molar-refractivity contribution in [3.8, 4) is 0 Å². The molecule has 0 aliphatic heterocycles. The Kier molecular flexibility index (Phi) is 35.3. The maximum atomic E-state index is 13.2. The Morgan fingerprint density at radius 3 is 1.31 bits per heavy atom. The van der Waals surface area contributed by atoms with Gasteiger partial charge in [-0.3, -0.25) is 14.2 Å². The van der Waals surface area contributed by atoms with Gasteiger partial charge in [0.05, 0.1) is 27.7 Å². The van der Waals surface area contributed by atoms with Crippen LogP contribution < -0.4 is 0 Å². The van der Waals surface area contributed by atoms with Crippen molar-refractivity contribution < 1.29 is 37.5 Å². The molecule has 0 spiro atoms. The maximum absolute atomic E-state index is 13.2. The molecule has 0 heterocycles. The number of unbranched alkanes of at least 4 members (excludes halogenated alkanes) is 25. The number of ether oxygens (including phenoxy) is 2. The van der Waals surface area contributed by atoms with Gasteiger partial charge in [-0.15, -0.1) is 0 Å². The molecule has 0 amide bonds. The zero-order chi connectivity index (χ0) is 40.2. The predicted molar refractivity (Wildman–Crippen MR) is 228 cm³/mol. The Bertz CT molecular complexity index is 951. The van der Waals surface area contributed by atoms with E-state index in [1.54, 1.807) is 0 Å². The molecule has 0 saturated heterocycles. The molecule has 9 heteroatoms. The number of carbonyl (C=O) groups excluding carboxylic acids is 2. The molecule has 0 rings (SSSR count). The molecule has 0 saturated carbocycles. The molecular formula is C45H89NO7P+. The lowest BCUT2D eigenvalue weighted by Crippen LogP contribution is -2.45. The number of allylic oxidation sites excluding steroid dienone is 2. The lowest BCUT2D eigenvalue weighted by atomic mass is 10.0. The monoisotopic (exact) mass is 787 g/mol. The Hall–Kier alpha value is -1.21. The van der Waals surface area contributed by atoms with Crippen molar-refractivity contribution in [3.63, 3.8) is 0 Å². The summed E-state index contributed by atoms with van der Waals surface area (Å²) in [4.78, 5) is 36.0. The van der Waals surface area contributed by atoms with Crippen molar-refractivity contribution in [1.82, 2.24) is 0 Å². The van der Waals surface area contributed by atoms with Crippen LogP contribution in [0.2, 0.25) is 0 Å². The van der Waals surface area contributed by atoms with Gasteiger partial charge in [0.25, 0.3) is 0 Å². The third kappa shape index (κ3) is 33.0. The van der Waals surface area contributed by atoms with Crippen molar-refractivity contribution in [2.75, 3.05) is 34.4 Å². The highest BCUT2D eigenvalue weighted by Crippen LogP contribution is 2.51. The number of esters is 2. The quantitative estimate of drug-likeness (QED) is 0.0217. The van der Waals surface area contributed by atoms with Crippen LogP contribution in [-0.4, -0.2) is 67.6 Å². The number of hydrogen-bond donors (Lipinski definition) is 1. The van der Waals surface area contributed by atoms with Gasteiger partial charge in [0.2, 0.25) is 0 Å². The average Bonchev–Trinajstić information content (AvgIpc) is 3.12. The molecule has 8 nitrogen and oxygen atoms in total. The fourth-order valence-electron chi connectivity index (χ4n) is 7.09. The first-order valence-corrected chi connectivity index (χ1v) is 24.4. The molecule has 0 fully saturated rings. The molecular weight excluding hydrogens is 697 g/mol. The molecule has 0 aliphatic rings. The van der Waals surface area contributed by atoms with Crippen LogP contribution in [0.4, 0.5) is 0 Å². The van der Waals surface area contributed by atoms with E-state index in [9.17, 15) is 19.0 Å². The summed E-state index contributed by atoms with van der Waals surface area (Å²) in [7, 11) is 1.53. The molecule has 2 unspecified atom stereocenters. The van der Waals surface area contributed by atoms with Gasteiger partial charge in [0, 0.05) is 19.3 Å². The summed E-state index contributed by atoms with van der Waals surface area (Å²) in [5.74, 6) is -1.36. The van der Waals surface area contributed by atoms with Crippen molar-refractivity contribution >= 4 is 19.5 Å². The Labute approximate surface area is 334 Å². The predicted octanol–water partition coefficient (Wildman–Crippen LogP) is 13.4. The fraction of sp³-hybridized carbons (Fsp3) is 0.911. The van der Waals surface area contributed by atoms with E-state index in [4.69, 9.17) is 14.0 Å². The molecule has 1 N–H and O–H groups in total. The third-order valence-corrected chi connectivity index (χ3v) is 12.8. The van der Waals surface area contributed by atoms with Gasteiger partial charge < -0.3 is 23.4 Å². The smallest absolute Gasteiger partial charge is 0.385 e. The Balaban J connectivity index is 4.26. The van der Waals surface area contributed by atoms with Gasteiger partial charge in [-0.2, -0.15) is 0 Å². The second kappa shape index (κ2) is 36.2. The molecule has 0 aromatic heterocycles. The zero-order valence-electron chi connectivity index (χ0n) is 36.4. The van der Waals surface area contributed by atoms with E-state index in [0.717, 1.165) is 38.5 Å². The summed E-state index contributed by atoms with van der Waals surface area (Å²) in [5, 5.41) is 0. The van der Waals surface area contributed by atoms with Crippen molar-refractivity contribution in [2.24, 2.45) is 0 Å². The van der Waals surface area contributed by atoms with Crippen molar-refractivity contribution in [1.29, 1.82) is 0 Å². The minimum Gasteiger partial charge on any atom is -0.462 e. The summed E-state index contributed by atoms with van der Waals surface area (Å²) in [5.41, 5.74) is 0. The van der Waals surface area contributed by atoms with E-state index in [0.29, 0.717) is 12.8 Å². The second-order valence-corrected chi connectivity index (χ2v) is 18.7. The molecule has 0 aromatic carbocycles. The lowest BCUT2D eigenvalue weighted by Gasteiger charge is -2.35. The highest BCUT2D eigenvalue weighted by Gasteiger charge is 2.42. The van der Waals surface area contributed by atoms with Gasteiger partial charge in [-0.1, -0.05) is 174 Å². The topological polar surface area (TPSA) is 99.1 Å². The van der Waals surface area contributed by atoms with E-state index >= 15 is 0 Å². The van der Waals surface area contributed by atoms with E-state index in [2.05, 4.69) is 26.0 Å². The molecule has 3 atom stereocenters. The van der Waals surface area contributed by atoms with E-state index in [-0.39, 0.29) is 30.1 Å². The van der Waals surface area contributed by atoms with Crippen LogP contribution in [-0.2, 0) is 28.2 Å².